The van der Waals surface area contributed by atoms with E-state index < -0.39 is 11.8 Å². The molecule has 0 saturated heterocycles. The van der Waals surface area contributed by atoms with E-state index in [2.05, 4.69) is 21.8 Å². The SMILES string of the molecule is C#CCOc1ccc2ccccc2c1/C=N\NC(=O)C(=O)N[C@@H](C)CC. The molecule has 6 nitrogen and oxygen atoms in total. The average molecular weight is 351 g/mol. The predicted octanol–water partition coefficient (Wildman–Crippen LogP) is 2.22. The summed E-state index contributed by atoms with van der Waals surface area (Å²) >= 11 is 0. The van der Waals surface area contributed by atoms with Crippen molar-refractivity contribution in [2.75, 3.05) is 6.61 Å². The molecule has 0 aromatic heterocycles. The van der Waals surface area contributed by atoms with E-state index >= 15 is 0 Å². The minimum absolute atomic E-state index is 0.0842. The molecule has 2 rings (SSSR count). The third-order valence-electron chi connectivity index (χ3n) is 3.80. The summed E-state index contributed by atoms with van der Waals surface area (Å²) in [6.45, 7) is 3.85. The van der Waals surface area contributed by atoms with Gasteiger partial charge in [-0.1, -0.05) is 43.2 Å². The van der Waals surface area contributed by atoms with E-state index in [4.69, 9.17) is 11.2 Å². The smallest absolute Gasteiger partial charge is 0.329 e. The van der Waals surface area contributed by atoms with Crippen LogP contribution in [0.2, 0.25) is 0 Å². The van der Waals surface area contributed by atoms with Gasteiger partial charge in [0.2, 0.25) is 0 Å². The number of carbonyl (C=O) groups excluding carboxylic acids is 2. The Morgan fingerprint density at radius 2 is 2.04 bits per heavy atom. The number of hydrazone groups is 1. The van der Waals surface area contributed by atoms with E-state index in [1.54, 1.807) is 6.07 Å². The van der Waals surface area contributed by atoms with Crippen LogP contribution in [0.3, 0.4) is 0 Å². The number of terminal acetylenes is 1. The van der Waals surface area contributed by atoms with E-state index in [-0.39, 0.29) is 12.6 Å². The van der Waals surface area contributed by atoms with E-state index in [1.165, 1.54) is 6.21 Å². The fraction of sp³-hybridized carbons (Fsp3) is 0.250. The quantitative estimate of drug-likeness (QED) is 0.362. The monoisotopic (exact) mass is 351 g/mol. The highest BCUT2D eigenvalue weighted by molar-refractivity contribution is 6.35. The number of nitrogens with one attached hydrogen (secondary N) is 2. The molecule has 2 aromatic carbocycles. The Balaban J connectivity index is 2.20. The van der Waals surface area contributed by atoms with Gasteiger partial charge in [-0.05, 0) is 30.2 Å². The molecule has 0 radical (unpaired) electrons. The second-order valence-corrected chi connectivity index (χ2v) is 5.67. The van der Waals surface area contributed by atoms with Crippen LogP contribution in [0, 0.1) is 12.3 Å². The molecule has 1 atom stereocenters. The Labute approximate surface area is 152 Å². The number of benzene rings is 2. The molecule has 0 bridgehead atoms. The lowest BCUT2D eigenvalue weighted by Crippen LogP contribution is -2.41. The first-order valence-electron chi connectivity index (χ1n) is 8.28. The standard InChI is InChI=1S/C20H21N3O3/c1-4-12-26-18-11-10-15-8-6-7-9-16(15)17(18)13-21-23-20(25)19(24)22-14(3)5-2/h1,6-11,13-14H,5,12H2,2-3H3,(H,22,24)(H,23,25)/b21-13-/t14-/m0/s1. The van der Waals surface area contributed by atoms with Gasteiger partial charge >= 0.3 is 11.8 Å². The Kier molecular flexibility index (Phi) is 6.75. The average Bonchev–Trinajstić information content (AvgIpc) is 2.66. The molecule has 0 aliphatic rings. The molecule has 0 aliphatic heterocycles. The molecule has 0 fully saturated rings. The van der Waals surface area contributed by atoms with Gasteiger partial charge < -0.3 is 10.1 Å². The fourth-order valence-corrected chi connectivity index (χ4v) is 2.25. The summed E-state index contributed by atoms with van der Waals surface area (Å²) in [6.07, 6.45) is 7.43. The van der Waals surface area contributed by atoms with Crippen LogP contribution in [-0.4, -0.2) is 30.7 Å². The summed E-state index contributed by atoms with van der Waals surface area (Å²) in [5, 5.41) is 8.35. The highest BCUT2D eigenvalue weighted by atomic mass is 16.5. The van der Waals surface area contributed by atoms with Crippen LogP contribution >= 0.6 is 0 Å². The predicted molar refractivity (Wildman–Crippen MR) is 102 cm³/mol. The van der Waals surface area contributed by atoms with Gasteiger partial charge in [0.25, 0.3) is 0 Å². The Morgan fingerprint density at radius 1 is 1.27 bits per heavy atom. The van der Waals surface area contributed by atoms with Crippen molar-refractivity contribution >= 4 is 28.8 Å². The number of ether oxygens (including phenoxy) is 1. The largest absolute Gasteiger partial charge is 0.480 e. The van der Waals surface area contributed by atoms with Gasteiger partial charge in [0.1, 0.15) is 12.4 Å². The summed E-state index contributed by atoms with van der Waals surface area (Å²) < 4.78 is 5.55. The highest BCUT2D eigenvalue weighted by Crippen LogP contribution is 2.26. The van der Waals surface area contributed by atoms with Crippen LogP contribution in [0.1, 0.15) is 25.8 Å². The third kappa shape index (κ3) is 4.84. The van der Waals surface area contributed by atoms with Crippen molar-refractivity contribution in [2.45, 2.75) is 26.3 Å². The zero-order chi connectivity index (χ0) is 18.9. The zero-order valence-corrected chi connectivity index (χ0v) is 14.8. The first-order valence-corrected chi connectivity index (χ1v) is 8.28. The van der Waals surface area contributed by atoms with Crippen LogP contribution in [0.25, 0.3) is 10.8 Å². The molecule has 0 aliphatic carbocycles. The molecule has 0 spiro atoms. The Hall–Kier alpha value is -3.33. The van der Waals surface area contributed by atoms with Crippen LogP contribution in [0.5, 0.6) is 5.75 Å². The molecule has 0 heterocycles. The normalized spacial score (nSPS) is 11.7. The highest BCUT2D eigenvalue weighted by Gasteiger charge is 2.14. The summed E-state index contributed by atoms with van der Waals surface area (Å²) in [4.78, 5) is 23.5. The number of carbonyl (C=O) groups is 2. The zero-order valence-electron chi connectivity index (χ0n) is 14.8. The van der Waals surface area contributed by atoms with Gasteiger partial charge in [-0.15, -0.1) is 6.42 Å². The molecule has 134 valence electrons. The second-order valence-electron chi connectivity index (χ2n) is 5.67. The van der Waals surface area contributed by atoms with E-state index in [9.17, 15) is 9.59 Å². The molecule has 0 unspecified atom stereocenters. The third-order valence-corrected chi connectivity index (χ3v) is 3.80. The van der Waals surface area contributed by atoms with E-state index in [1.807, 2.05) is 44.2 Å². The summed E-state index contributed by atoms with van der Waals surface area (Å²) in [5.74, 6) is 1.41. The number of fused-ring (bicyclic) bond motifs is 1. The minimum atomic E-state index is -0.826. The van der Waals surface area contributed by atoms with Crippen LogP contribution < -0.4 is 15.5 Å². The van der Waals surface area contributed by atoms with Crippen molar-refractivity contribution in [3.05, 3.63) is 42.0 Å². The van der Waals surface area contributed by atoms with E-state index in [0.717, 1.165) is 17.2 Å². The van der Waals surface area contributed by atoms with Gasteiger partial charge in [-0.25, -0.2) is 5.43 Å². The molecule has 6 heteroatoms. The van der Waals surface area contributed by atoms with Crippen molar-refractivity contribution < 1.29 is 14.3 Å². The summed E-state index contributed by atoms with van der Waals surface area (Å²) in [5.41, 5.74) is 2.90. The van der Waals surface area contributed by atoms with Crippen molar-refractivity contribution in [1.82, 2.24) is 10.7 Å². The number of hydrogen-bond donors (Lipinski definition) is 2. The van der Waals surface area contributed by atoms with Crippen molar-refractivity contribution in [1.29, 1.82) is 0 Å². The van der Waals surface area contributed by atoms with Gasteiger partial charge in [0.05, 0.1) is 6.21 Å². The fourth-order valence-electron chi connectivity index (χ4n) is 2.25. The number of hydrogen-bond acceptors (Lipinski definition) is 4. The topological polar surface area (TPSA) is 79.8 Å². The van der Waals surface area contributed by atoms with Crippen molar-refractivity contribution in [3.63, 3.8) is 0 Å². The van der Waals surface area contributed by atoms with Crippen LogP contribution in [0.15, 0.2) is 41.5 Å². The lowest BCUT2D eigenvalue weighted by molar-refractivity contribution is -0.139. The molecule has 2 aromatic rings. The lowest BCUT2D eigenvalue weighted by Gasteiger charge is -2.10. The number of nitrogens with zero attached hydrogens (tertiary/aromatic N) is 1. The lowest BCUT2D eigenvalue weighted by atomic mass is 10.0. The molecular formula is C20H21N3O3. The Morgan fingerprint density at radius 3 is 2.77 bits per heavy atom. The number of amides is 2. The molecule has 2 N–H and O–H groups in total. The first-order chi connectivity index (χ1) is 12.6. The molecule has 0 saturated carbocycles. The second kappa shape index (κ2) is 9.23. The summed E-state index contributed by atoms with van der Waals surface area (Å²) in [7, 11) is 0. The van der Waals surface area contributed by atoms with Crippen molar-refractivity contribution in [3.8, 4) is 18.1 Å². The van der Waals surface area contributed by atoms with E-state index in [0.29, 0.717) is 11.3 Å². The van der Waals surface area contributed by atoms with Gasteiger partial charge in [0.15, 0.2) is 0 Å². The number of rotatable bonds is 6. The maximum absolute atomic E-state index is 11.8. The molecule has 2 amide bonds. The van der Waals surface area contributed by atoms with Crippen LogP contribution in [-0.2, 0) is 9.59 Å². The minimum Gasteiger partial charge on any atom is -0.480 e. The molecular weight excluding hydrogens is 330 g/mol. The maximum atomic E-state index is 11.8. The van der Waals surface area contributed by atoms with Crippen LogP contribution in [0.4, 0.5) is 0 Å². The molecule has 26 heavy (non-hydrogen) atoms. The van der Waals surface area contributed by atoms with Gasteiger partial charge in [-0.2, -0.15) is 5.10 Å². The summed E-state index contributed by atoms with van der Waals surface area (Å²) in [6, 6.07) is 11.3. The van der Waals surface area contributed by atoms with Gasteiger partial charge in [0, 0.05) is 11.6 Å². The Bertz CT molecular complexity index is 868. The van der Waals surface area contributed by atoms with Gasteiger partial charge in [-0.3, -0.25) is 9.59 Å². The van der Waals surface area contributed by atoms with Crippen molar-refractivity contribution in [2.24, 2.45) is 5.10 Å². The first kappa shape index (κ1) is 19.0. The maximum Gasteiger partial charge on any atom is 0.329 e.